The van der Waals surface area contributed by atoms with E-state index in [-0.39, 0.29) is 17.6 Å². The molecular weight excluding hydrogens is 432 g/mol. The van der Waals surface area contributed by atoms with Crippen LogP contribution >= 0.6 is 11.6 Å². The van der Waals surface area contributed by atoms with Crippen LogP contribution in [-0.4, -0.2) is 26.6 Å². The summed E-state index contributed by atoms with van der Waals surface area (Å²) in [6.45, 7) is -0.284. The van der Waals surface area contributed by atoms with E-state index >= 15 is 0 Å². The van der Waals surface area contributed by atoms with Crippen molar-refractivity contribution in [2.45, 2.75) is 0 Å². The van der Waals surface area contributed by atoms with Crippen LogP contribution in [0.15, 0.2) is 70.4 Å². The van der Waals surface area contributed by atoms with E-state index in [0.717, 1.165) is 15.7 Å². The molecule has 1 N–H and O–H groups in total. The molecule has 0 aliphatic carbocycles. The predicted molar refractivity (Wildman–Crippen MR) is 123 cm³/mol. The van der Waals surface area contributed by atoms with Crippen LogP contribution in [0.4, 0.5) is 5.69 Å². The SMILES string of the molecule is Cn1c(=O)c2cc(NC(=O)COc3ccc(-c4ccccc4)cc3Cl)cnc2n(C)c1=O. The topological polar surface area (TPSA) is 95.2 Å². The number of halogens is 1. The first kappa shape index (κ1) is 21.3. The minimum absolute atomic E-state index is 0.216. The fraction of sp³-hybridized carbons (Fsp3) is 0.130. The number of nitrogens with one attached hydrogen (secondary N) is 1. The smallest absolute Gasteiger partial charge is 0.332 e. The number of hydrogen-bond donors (Lipinski definition) is 1. The van der Waals surface area contributed by atoms with Crippen LogP contribution in [-0.2, 0) is 18.9 Å². The van der Waals surface area contributed by atoms with Gasteiger partial charge in [0.15, 0.2) is 6.61 Å². The van der Waals surface area contributed by atoms with Crippen LogP contribution < -0.4 is 21.3 Å². The van der Waals surface area contributed by atoms with Crippen molar-refractivity contribution in [3.8, 4) is 16.9 Å². The summed E-state index contributed by atoms with van der Waals surface area (Å²) in [6.07, 6.45) is 1.38. The fourth-order valence-corrected chi connectivity index (χ4v) is 3.54. The number of aromatic nitrogens is 3. The Bertz CT molecular complexity index is 1440. The summed E-state index contributed by atoms with van der Waals surface area (Å²) in [5.74, 6) is -0.0713. The number of fused-ring (bicyclic) bond motifs is 1. The van der Waals surface area contributed by atoms with Gasteiger partial charge in [0.25, 0.3) is 11.5 Å². The Labute approximate surface area is 187 Å². The van der Waals surface area contributed by atoms with Gasteiger partial charge < -0.3 is 10.1 Å². The standard InChI is InChI=1S/C23H19ClN4O4/c1-27-21-17(22(30)28(2)23(27)31)11-16(12-25-21)26-20(29)13-32-19-9-8-15(10-18(19)24)14-6-4-3-5-7-14/h3-12H,13H2,1-2H3,(H,26,29). The molecule has 0 aliphatic rings. The molecule has 0 saturated carbocycles. The number of anilines is 1. The average molecular weight is 451 g/mol. The van der Waals surface area contributed by atoms with Gasteiger partial charge >= 0.3 is 5.69 Å². The molecular formula is C23H19ClN4O4. The van der Waals surface area contributed by atoms with Crippen LogP contribution in [0, 0.1) is 0 Å². The van der Waals surface area contributed by atoms with Crippen molar-refractivity contribution in [1.82, 2.24) is 14.1 Å². The van der Waals surface area contributed by atoms with Crippen molar-refractivity contribution in [2.75, 3.05) is 11.9 Å². The van der Waals surface area contributed by atoms with E-state index in [2.05, 4.69) is 10.3 Å². The molecule has 0 fully saturated rings. The van der Waals surface area contributed by atoms with Crippen molar-refractivity contribution in [2.24, 2.45) is 14.1 Å². The zero-order valence-corrected chi connectivity index (χ0v) is 18.1. The second kappa shape index (κ2) is 8.68. The maximum atomic E-state index is 12.4. The van der Waals surface area contributed by atoms with Gasteiger partial charge in [-0.1, -0.05) is 48.0 Å². The maximum absolute atomic E-state index is 12.4. The summed E-state index contributed by atoms with van der Waals surface area (Å²) in [5, 5.41) is 3.24. The van der Waals surface area contributed by atoms with Crippen molar-refractivity contribution in [3.05, 3.63) is 86.7 Å². The van der Waals surface area contributed by atoms with Crippen LogP contribution in [0.3, 0.4) is 0 Å². The third-order valence-electron chi connectivity index (χ3n) is 4.97. The predicted octanol–water partition coefficient (Wildman–Crippen LogP) is 2.97. The van der Waals surface area contributed by atoms with E-state index in [0.29, 0.717) is 16.5 Å². The van der Waals surface area contributed by atoms with E-state index in [1.165, 1.54) is 30.9 Å². The summed E-state index contributed by atoms with van der Waals surface area (Å²) in [7, 11) is 2.91. The summed E-state index contributed by atoms with van der Waals surface area (Å²) in [4.78, 5) is 40.9. The lowest BCUT2D eigenvalue weighted by atomic mass is 10.1. The molecule has 0 saturated heterocycles. The number of hydrogen-bond acceptors (Lipinski definition) is 5. The number of benzene rings is 2. The average Bonchev–Trinajstić information content (AvgIpc) is 2.81. The lowest BCUT2D eigenvalue weighted by Crippen LogP contribution is -2.37. The van der Waals surface area contributed by atoms with Gasteiger partial charge in [-0.25, -0.2) is 9.78 Å². The minimum atomic E-state index is -0.492. The van der Waals surface area contributed by atoms with Crippen molar-refractivity contribution in [1.29, 1.82) is 0 Å². The number of aryl methyl sites for hydroxylation is 1. The van der Waals surface area contributed by atoms with Gasteiger partial charge in [0, 0.05) is 14.1 Å². The van der Waals surface area contributed by atoms with Gasteiger partial charge in [-0.3, -0.25) is 18.7 Å². The van der Waals surface area contributed by atoms with E-state index < -0.39 is 17.2 Å². The van der Waals surface area contributed by atoms with E-state index in [1.807, 2.05) is 36.4 Å². The van der Waals surface area contributed by atoms with Gasteiger partial charge in [-0.05, 0) is 29.3 Å². The van der Waals surface area contributed by atoms with E-state index in [4.69, 9.17) is 16.3 Å². The minimum Gasteiger partial charge on any atom is -0.482 e. The Kier molecular flexibility index (Phi) is 5.79. The van der Waals surface area contributed by atoms with Gasteiger partial charge in [0.2, 0.25) is 0 Å². The molecule has 1 amide bonds. The highest BCUT2D eigenvalue weighted by Crippen LogP contribution is 2.30. The van der Waals surface area contributed by atoms with Gasteiger partial charge in [-0.2, -0.15) is 0 Å². The molecule has 0 atom stereocenters. The fourth-order valence-electron chi connectivity index (χ4n) is 3.30. The Morgan fingerprint density at radius 3 is 2.50 bits per heavy atom. The van der Waals surface area contributed by atoms with Gasteiger partial charge in [0.05, 0.1) is 22.3 Å². The molecule has 0 radical (unpaired) electrons. The molecule has 4 rings (SSSR count). The molecule has 2 aromatic carbocycles. The normalized spacial score (nSPS) is 10.8. The van der Waals surface area contributed by atoms with Crippen molar-refractivity contribution >= 4 is 34.2 Å². The van der Waals surface area contributed by atoms with Crippen molar-refractivity contribution in [3.63, 3.8) is 0 Å². The first-order valence-corrected chi connectivity index (χ1v) is 10.1. The first-order chi connectivity index (χ1) is 15.3. The molecule has 8 nitrogen and oxygen atoms in total. The number of carbonyl (C=O) groups is 1. The molecule has 0 spiro atoms. The Morgan fingerprint density at radius 2 is 1.78 bits per heavy atom. The summed E-state index contributed by atoms with van der Waals surface area (Å²) >= 11 is 6.32. The molecule has 4 aromatic rings. The highest BCUT2D eigenvalue weighted by atomic mass is 35.5. The van der Waals surface area contributed by atoms with E-state index in [9.17, 15) is 14.4 Å². The number of rotatable bonds is 5. The number of pyridine rings is 1. The molecule has 2 heterocycles. The van der Waals surface area contributed by atoms with Crippen LogP contribution in [0.25, 0.3) is 22.2 Å². The number of amides is 1. The Hall–Kier alpha value is -3.91. The summed E-state index contributed by atoms with van der Waals surface area (Å²) in [5.41, 5.74) is 1.53. The molecule has 0 aliphatic heterocycles. The van der Waals surface area contributed by atoms with Gasteiger partial charge in [-0.15, -0.1) is 0 Å². The highest BCUT2D eigenvalue weighted by Gasteiger charge is 2.12. The Morgan fingerprint density at radius 1 is 1.03 bits per heavy atom. The quantitative estimate of drug-likeness (QED) is 0.504. The molecule has 0 unspecified atom stereocenters. The van der Waals surface area contributed by atoms with Crippen molar-refractivity contribution < 1.29 is 9.53 Å². The van der Waals surface area contributed by atoms with Gasteiger partial charge in [0.1, 0.15) is 11.4 Å². The monoisotopic (exact) mass is 450 g/mol. The number of carbonyl (C=O) groups excluding carboxylic acids is 1. The van der Waals surface area contributed by atoms with Crippen LogP contribution in [0.1, 0.15) is 0 Å². The summed E-state index contributed by atoms with van der Waals surface area (Å²) in [6, 6.07) is 16.6. The van der Waals surface area contributed by atoms with Crippen LogP contribution in [0.5, 0.6) is 5.75 Å². The second-order valence-electron chi connectivity index (χ2n) is 7.15. The number of nitrogens with zero attached hydrogens (tertiary/aromatic N) is 3. The van der Waals surface area contributed by atoms with E-state index in [1.54, 1.807) is 12.1 Å². The third kappa shape index (κ3) is 4.13. The molecule has 0 bridgehead atoms. The molecule has 162 valence electrons. The number of ether oxygens (including phenoxy) is 1. The third-order valence-corrected chi connectivity index (χ3v) is 5.27. The lowest BCUT2D eigenvalue weighted by molar-refractivity contribution is -0.118. The second-order valence-corrected chi connectivity index (χ2v) is 7.56. The molecule has 2 aromatic heterocycles. The zero-order valence-electron chi connectivity index (χ0n) is 17.3. The zero-order chi connectivity index (χ0) is 22.8. The lowest BCUT2D eigenvalue weighted by Gasteiger charge is -2.11. The highest BCUT2D eigenvalue weighted by molar-refractivity contribution is 6.32. The molecule has 9 heteroatoms. The largest absolute Gasteiger partial charge is 0.482 e. The Balaban J connectivity index is 1.47. The maximum Gasteiger partial charge on any atom is 0.332 e. The first-order valence-electron chi connectivity index (χ1n) is 9.68. The summed E-state index contributed by atoms with van der Waals surface area (Å²) < 4.78 is 7.81. The van der Waals surface area contributed by atoms with Crippen LogP contribution in [0.2, 0.25) is 5.02 Å². The molecule has 32 heavy (non-hydrogen) atoms.